The Hall–Kier alpha value is -3.23. The number of aliphatic hydroxyl groups is 1. The number of anilines is 1. The van der Waals surface area contributed by atoms with Crippen LogP contribution in [0.5, 0.6) is 0 Å². The van der Waals surface area contributed by atoms with Crippen LogP contribution >= 0.6 is 0 Å². The number of β-amino-alcohol motifs (C(OH)–C–C–N with tert-alkyl or cyclic N) is 1. The molecule has 0 bridgehead atoms. The Morgan fingerprint density at radius 1 is 1.22 bits per heavy atom. The molecule has 36 heavy (non-hydrogen) atoms. The molecular formula is C28H37N5O3. The quantitative estimate of drug-likeness (QED) is 0.394. The van der Waals surface area contributed by atoms with Crippen LogP contribution in [0, 0.1) is 6.92 Å². The molecule has 1 amide bonds. The highest BCUT2D eigenvalue weighted by Gasteiger charge is 2.28. The van der Waals surface area contributed by atoms with E-state index in [9.17, 15) is 9.59 Å². The number of amides is 1. The standard InChI is InChI=1S/C23H28N4O.C5H9NO2/c1-16-13-17-10-11-20(14-21(17)25-16)27(2)22(18-7-6-12-24-15-18)23(28)26-19-8-4-3-5-9-19;7-3-4-1-5(8)2-6-4/h6-7,10-15,19,22,25H,3-5,8-9H2,1-2H3,(H,26,28);3-6,8H,1-2H2. The predicted molar refractivity (Wildman–Crippen MR) is 142 cm³/mol. The number of hydrogen-bond donors (Lipinski definition) is 4. The summed E-state index contributed by atoms with van der Waals surface area (Å²) in [5, 5.41) is 16.1. The molecule has 2 aliphatic rings. The van der Waals surface area contributed by atoms with Gasteiger partial charge >= 0.3 is 0 Å². The Balaban J connectivity index is 0.000000325. The van der Waals surface area contributed by atoms with Gasteiger partial charge in [-0.05, 0) is 55.8 Å². The Bertz CT molecular complexity index is 1140. The van der Waals surface area contributed by atoms with Crippen molar-refractivity contribution in [2.24, 2.45) is 0 Å². The number of aliphatic hydroxyl groups excluding tert-OH is 1. The zero-order valence-electron chi connectivity index (χ0n) is 21.1. The molecule has 0 spiro atoms. The lowest BCUT2D eigenvalue weighted by Gasteiger charge is -2.32. The molecule has 3 aromatic rings. The van der Waals surface area contributed by atoms with Gasteiger partial charge in [0, 0.05) is 54.5 Å². The lowest BCUT2D eigenvalue weighted by atomic mass is 9.95. The molecule has 192 valence electrons. The molecule has 3 atom stereocenters. The van der Waals surface area contributed by atoms with E-state index in [4.69, 9.17) is 5.11 Å². The molecule has 1 saturated carbocycles. The molecule has 1 aromatic carbocycles. The van der Waals surface area contributed by atoms with E-state index in [1.54, 1.807) is 12.4 Å². The number of pyridine rings is 1. The van der Waals surface area contributed by atoms with Gasteiger partial charge in [-0.15, -0.1) is 0 Å². The molecule has 1 aliphatic carbocycles. The maximum Gasteiger partial charge on any atom is 0.247 e. The van der Waals surface area contributed by atoms with E-state index in [1.807, 2.05) is 24.1 Å². The number of benzene rings is 1. The zero-order valence-corrected chi connectivity index (χ0v) is 21.1. The van der Waals surface area contributed by atoms with Gasteiger partial charge in [-0.3, -0.25) is 9.78 Å². The van der Waals surface area contributed by atoms with Gasteiger partial charge in [0.05, 0.1) is 12.1 Å². The van der Waals surface area contributed by atoms with Gasteiger partial charge in [0.25, 0.3) is 0 Å². The highest BCUT2D eigenvalue weighted by molar-refractivity contribution is 5.89. The first kappa shape index (κ1) is 25.9. The number of aldehydes is 1. The molecule has 8 nitrogen and oxygen atoms in total. The highest BCUT2D eigenvalue weighted by Crippen LogP contribution is 2.29. The van der Waals surface area contributed by atoms with Crippen molar-refractivity contribution in [3.8, 4) is 0 Å². The van der Waals surface area contributed by atoms with Gasteiger partial charge in [-0.1, -0.05) is 31.4 Å². The van der Waals surface area contributed by atoms with Gasteiger partial charge in [-0.25, -0.2) is 0 Å². The third kappa shape index (κ3) is 6.50. The number of carbonyl (C=O) groups excluding carboxylic acids is 2. The number of aromatic nitrogens is 2. The van der Waals surface area contributed by atoms with Crippen LogP contribution < -0.4 is 15.5 Å². The van der Waals surface area contributed by atoms with Gasteiger partial charge in [0.15, 0.2) is 0 Å². The van der Waals surface area contributed by atoms with Crippen molar-refractivity contribution in [3.63, 3.8) is 0 Å². The van der Waals surface area contributed by atoms with E-state index in [0.717, 1.165) is 41.6 Å². The van der Waals surface area contributed by atoms with Gasteiger partial charge in [0.1, 0.15) is 12.3 Å². The predicted octanol–water partition coefficient (Wildman–Crippen LogP) is 3.41. The summed E-state index contributed by atoms with van der Waals surface area (Å²) in [6, 6.07) is 12.0. The van der Waals surface area contributed by atoms with E-state index in [0.29, 0.717) is 13.0 Å². The summed E-state index contributed by atoms with van der Waals surface area (Å²) in [5.41, 5.74) is 4.12. The van der Waals surface area contributed by atoms with Crippen molar-refractivity contribution in [1.82, 2.24) is 20.6 Å². The number of rotatable bonds is 6. The molecule has 1 aliphatic heterocycles. The molecule has 5 rings (SSSR count). The molecule has 3 heterocycles. The maximum absolute atomic E-state index is 13.3. The van der Waals surface area contributed by atoms with Gasteiger partial charge in [-0.2, -0.15) is 0 Å². The normalized spacial score (nSPS) is 20.9. The number of aryl methyl sites for hydroxylation is 1. The average Bonchev–Trinajstić information content (AvgIpc) is 3.49. The minimum absolute atomic E-state index is 0.0464. The van der Waals surface area contributed by atoms with Crippen LogP contribution in [0.2, 0.25) is 0 Å². The lowest BCUT2D eigenvalue weighted by molar-refractivity contribution is -0.123. The smallest absolute Gasteiger partial charge is 0.247 e. The number of nitrogens with zero attached hydrogens (tertiary/aromatic N) is 2. The molecule has 3 unspecified atom stereocenters. The molecular weight excluding hydrogens is 454 g/mol. The van der Waals surface area contributed by atoms with E-state index in [1.165, 1.54) is 24.6 Å². The van der Waals surface area contributed by atoms with Crippen molar-refractivity contribution < 1.29 is 14.7 Å². The third-order valence-corrected chi connectivity index (χ3v) is 7.04. The van der Waals surface area contributed by atoms with Crippen molar-refractivity contribution in [2.75, 3.05) is 18.5 Å². The number of nitrogens with one attached hydrogen (secondary N) is 3. The van der Waals surface area contributed by atoms with Crippen molar-refractivity contribution >= 4 is 28.8 Å². The third-order valence-electron chi connectivity index (χ3n) is 7.04. The van der Waals surface area contributed by atoms with E-state index in [-0.39, 0.29) is 24.1 Å². The second kappa shape index (κ2) is 12.1. The maximum atomic E-state index is 13.3. The van der Waals surface area contributed by atoms with Crippen molar-refractivity contribution in [1.29, 1.82) is 0 Å². The molecule has 0 radical (unpaired) electrons. The highest BCUT2D eigenvalue weighted by atomic mass is 16.3. The van der Waals surface area contributed by atoms with Crippen LogP contribution in [0.4, 0.5) is 5.69 Å². The summed E-state index contributed by atoms with van der Waals surface area (Å²) in [4.78, 5) is 33.0. The second-order valence-electron chi connectivity index (χ2n) is 9.91. The lowest BCUT2D eigenvalue weighted by Crippen LogP contribution is -2.44. The Morgan fingerprint density at radius 3 is 2.67 bits per heavy atom. The van der Waals surface area contributed by atoms with E-state index in [2.05, 4.69) is 51.8 Å². The first-order valence-electron chi connectivity index (χ1n) is 12.8. The summed E-state index contributed by atoms with van der Waals surface area (Å²) < 4.78 is 0. The fraction of sp³-hybridized carbons (Fsp3) is 0.464. The Morgan fingerprint density at radius 2 is 2.03 bits per heavy atom. The molecule has 1 saturated heterocycles. The fourth-order valence-electron chi connectivity index (χ4n) is 5.10. The van der Waals surface area contributed by atoms with Crippen LogP contribution in [0.1, 0.15) is 55.8 Å². The van der Waals surface area contributed by atoms with Crippen LogP contribution in [0.25, 0.3) is 10.9 Å². The number of hydrogen-bond acceptors (Lipinski definition) is 6. The van der Waals surface area contributed by atoms with Gasteiger partial charge < -0.3 is 30.4 Å². The topological polar surface area (TPSA) is 110 Å². The van der Waals surface area contributed by atoms with Crippen LogP contribution in [-0.2, 0) is 9.59 Å². The zero-order chi connectivity index (χ0) is 25.5. The first-order chi connectivity index (χ1) is 17.4. The summed E-state index contributed by atoms with van der Waals surface area (Å²) in [5.74, 6) is 0.0464. The summed E-state index contributed by atoms with van der Waals surface area (Å²) in [6.45, 7) is 2.61. The minimum atomic E-state index is -0.413. The number of fused-ring (bicyclic) bond motifs is 1. The Kier molecular flexibility index (Phi) is 8.72. The molecule has 8 heteroatoms. The molecule has 2 aromatic heterocycles. The second-order valence-corrected chi connectivity index (χ2v) is 9.91. The molecule has 4 N–H and O–H groups in total. The summed E-state index contributed by atoms with van der Waals surface area (Å²) in [6.07, 6.45) is 10.4. The summed E-state index contributed by atoms with van der Waals surface area (Å²) >= 11 is 0. The number of aromatic amines is 1. The van der Waals surface area contributed by atoms with Crippen LogP contribution in [-0.4, -0.2) is 59.0 Å². The number of carbonyl (C=O) groups is 2. The fourth-order valence-corrected chi connectivity index (χ4v) is 5.10. The van der Waals surface area contributed by atoms with E-state index >= 15 is 0 Å². The Labute approximate surface area is 212 Å². The summed E-state index contributed by atoms with van der Waals surface area (Å²) in [7, 11) is 1.98. The van der Waals surface area contributed by atoms with Gasteiger partial charge in [0.2, 0.25) is 5.91 Å². The molecule has 2 fully saturated rings. The van der Waals surface area contributed by atoms with Crippen LogP contribution in [0.3, 0.4) is 0 Å². The average molecular weight is 492 g/mol. The first-order valence-corrected chi connectivity index (χ1v) is 12.8. The number of H-pyrrole nitrogens is 1. The monoisotopic (exact) mass is 491 g/mol. The van der Waals surface area contributed by atoms with E-state index < -0.39 is 6.04 Å². The van der Waals surface area contributed by atoms with Crippen molar-refractivity contribution in [2.45, 2.75) is 69.7 Å². The van der Waals surface area contributed by atoms with Crippen molar-refractivity contribution in [3.05, 3.63) is 60.0 Å². The number of likely N-dealkylation sites (N-methyl/N-ethyl adjacent to an activating group) is 1. The SMILES string of the molecule is Cc1cc2ccc(N(C)C(C(=O)NC3CCCCC3)c3cccnc3)cc2[nH]1.O=CC1CC(O)CN1. The van der Waals surface area contributed by atoms with Crippen LogP contribution in [0.15, 0.2) is 48.8 Å². The minimum Gasteiger partial charge on any atom is -0.392 e. The largest absolute Gasteiger partial charge is 0.392 e.